The highest BCUT2D eigenvalue weighted by molar-refractivity contribution is 7.89. The standard InChI is InChI=1S/C19H24F3N5O2S/c1-3-25(4-2)17-9-10-18(24-23-17)26-11-13-27(14-12-26)30(28,29)16-7-5-15(6-8-16)19(20,21)22/h5-10H,3-4,11-14H2,1-2H3. The number of halogens is 3. The van der Waals surface area contributed by atoms with Crippen LogP contribution in [0.5, 0.6) is 0 Å². The van der Waals surface area contributed by atoms with Crippen molar-refractivity contribution in [3.05, 3.63) is 42.0 Å². The molecule has 0 amide bonds. The third-order valence-electron chi connectivity index (χ3n) is 5.11. The topological polar surface area (TPSA) is 69.6 Å². The van der Waals surface area contributed by atoms with Gasteiger partial charge in [0.05, 0.1) is 10.5 Å². The lowest BCUT2D eigenvalue weighted by molar-refractivity contribution is -0.137. The van der Waals surface area contributed by atoms with Gasteiger partial charge in [-0.15, -0.1) is 10.2 Å². The van der Waals surface area contributed by atoms with Crippen LogP contribution in [0.4, 0.5) is 24.8 Å². The van der Waals surface area contributed by atoms with Crippen molar-refractivity contribution in [1.82, 2.24) is 14.5 Å². The molecule has 1 saturated heterocycles. The second-order valence-corrected chi connectivity index (χ2v) is 8.77. The maximum Gasteiger partial charge on any atom is 0.416 e. The Morgan fingerprint density at radius 1 is 0.933 bits per heavy atom. The molecule has 1 aromatic carbocycles. The molecular weight excluding hydrogens is 419 g/mol. The van der Waals surface area contributed by atoms with E-state index in [4.69, 9.17) is 0 Å². The summed E-state index contributed by atoms with van der Waals surface area (Å²) in [5, 5.41) is 8.51. The van der Waals surface area contributed by atoms with E-state index in [1.165, 1.54) is 4.31 Å². The summed E-state index contributed by atoms with van der Waals surface area (Å²) in [6, 6.07) is 7.33. The fraction of sp³-hybridized carbons (Fsp3) is 0.474. The molecule has 2 aromatic rings. The fourth-order valence-corrected chi connectivity index (χ4v) is 4.75. The lowest BCUT2D eigenvalue weighted by Crippen LogP contribution is -2.49. The van der Waals surface area contributed by atoms with Gasteiger partial charge in [0.1, 0.15) is 0 Å². The van der Waals surface area contributed by atoms with E-state index in [0.717, 1.165) is 43.2 Å². The predicted octanol–water partition coefficient (Wildman–Crippen LogP) is 2.85. The molecular formula is C19H24F3N5O2S. The van der Waals surface area contributed by atoms with Crippen LogP contribution < -0.4 is 9.80 Å². The van der Waals surface area contributed by atoms with Crippen LogP contribution in [0, 0.1) is 0 Å². The molecule has 1 aromatic heterocycles. The van der Waals surface area contributed by atoms with Gasteiger partial charge in [-0.25, -0.2) is 8.42 Å². The smallest absolute Gasteiger partial charge is 0.356 e. The quantitative estimate of drug-likeness (QED) is 0.684. The molecule has 0 N–H and O–H groups in total. The van der Waals surface area contributed by atoms with E-state index >= 15 is 0 Å². The van der Waals surface area contributed by atoms with Gasteiger partial charge in [-0.3, -0.25) is 0 Å². The number of sulfonamides is 1. The molecule has 7 nitrogen and oxygen atoms in total. The average Bonchev–Trinajstić information content (AvgIpc) is 2.75. The molecule has 1 fully saturated rings. The lowest BCUT2D eigenvalue weighted by atomic mass is 10.2. The van der Waals surface area contributed by atoms with Crippen molar-refractivity contribution in [2.75, 3.05) is 49.1 Å². The summed E-state index contributed by atoms with van der Waals surface area (Å²) in [5.74, 6) is 1.45. The van der Waals surface area contributed by atoms with Crippen LogP contribution >= 0.6 is 0 Å². The van der Waals surface area contributed by atoms with Crippen molar-refractivity contribution in [2.45, 2.75) is 24.9 Å². The molecule has 164 valence electrons. The van der Waals surface area contributed by atoms with E-state index in [-0.39, 0.29) is 18.0 Å². The van der Waals surface area contributed by atoms with Gasteiger partial charge in [-0.1, -0.05) is 0 Å². The van der Waals surface area contributed by atoms with Crippen LogP contribution in [0.15, 0.2) is 41.3 Å². The van der Waals surface area contributed by atoms with E-state index < -0.39 is 21.8 Å². The van der Waals surface area contributed by atoms with Crippen LogP contribution in [0.1, 0.15) is 19.4 Å². The minimum Gasteiger partial charge on any atom is -0.356 e. The normalized spacial score (nSPS) is 16.0. The molecule has 0 unspecified atom stereocenters. The third-order valence-corrected chi connectivity index (χ3v) is 7.02. The minimum absolute atomic E-state index is 0.146. The molecule has 0 radical (unpaired) electrons. The lowest BCUT2D eigenvalue weighted by Gasteiger charge is -2.34. The molecule has 30 heavy (non-hydrogen) atoms. The van der Waals surface area contributed by atoms with Crippen molar-refractivity contribution in [2.24, 2.45) is 0 Å². The molecule has 2 heterocycles. The summed E-state index contributed by atoms with van der Waals surface area (Å²) in [7, 11) is -3.86. The van der Waals surface area contributed by atoms with Crippen molar-refractivity contribution >= 4 is 21.7 Å². The van der Waals surface area contributed by atoms with Gasteiger partial charge in [0.2, 0.25) is 10.0 Å². The molecule has 11 heteroatoms. The second kappa shape index (κ2) is 8.76. The van der Waals surface area contributed by atoms with Gasteiger partial charge in [0.25, 0.3) is 0 Å². The first-order valence-electron chi connectivity index (χ1n) is 9.68. The Kier molecular flexibility index (Phi) is 6.51. The summed E-state index contributed by atoms with van der Waals surface area (Å²) >= 11 is 0. The molecule has 0 aliphatic carbocycles. The van der Waals surface area contributed by atoms with Crippen molar-refractivity contribution in [3.63, 3.8) is 0 Å². The molecule has 0 bridgehead atoms. The molecule has 0 atom stereocenters. The molecule has 1 aliphatic heterocycles. The highest BCUT2D eigenvalue weighted by Gasteiger charge is 2.32. The zero-order valence-electron chi connectivity index (χ0n) is 16.8. The summed E-state index contributed by atoms with van der Waals surface area (Å²) < 4.78 is 64.9. The summed E-state index contributed by atoms with van der Waals surface area (Å²) in [6.45, 7) is 6.98. The SMILES string of the molecule is CCN(CC)c1ccc(N2CCN(S(=O)(=O)c3ccc(C(F)(F)F)cc3)CC2)nn1. The van der Waals surface area contributed by atoms with Crippen LogP contribution in [0.25, 0.3) is 0 Å². The van der Waals surface area contributed by atoms with Crippen LogP contribution in [0.2, 0.25) is 0 Å². The number of alkyl halides is 3. The number of benzene rings is 1. The van der Waals surface area contributed by atoms with Crippen molar-refractivity contribution in [1.29, 1.82) is 0 Å². The largest absolute Gasteiger partial charge is 0.416 e. The maximum atomic E-state index is 12.8. The van der Waals surface area contributed by atoms with Gasteiger partial charge < -0.3 is 9.80 Å². The van der Waals surface area contributed by atoms with Crippen LogP contribution in [-0.4, -0.2) is 62.2 Å². The van der Waals surface area contributed by atoms with Gasteiger partial charge in [0.15, 0.2) is 11.6 Å². The monoisotopic (exact) mass is 443 g/mol. The number of hydrogen-bond donors (Lipinski definition) is 0. The molecule has 3 rings (SSSR count). The number of rotatable bonds is 6. The molecule has 0 spiro atoms. The predicted molar refractivity (Wildman–Crippen MR) is 108 cm³/mol. The zero-order valence-corrected chi connectivity index (χ0v) is 17.6. The Balaban J connectivity index is 1.66. The van der Waals surface area contributed by atoms with Crippen molar-refractivity contribution in [3.8, 4) is 0 Å². The highest BCUT2D eigenvalue weighted by atomic mass is 32.2. The Labute approximate surface area is 174 Å². The number of nitrogens with zero attached hydrogens (tertiary/aromatic N) is 5. The first kappa shape index (κ1) is 22.3. The summed E-state index contributed by atoms with van der Waals surface area (Å²) in [4.78, 5) is 3.87. The first-order chi connectivity index (χ1) is 14.2. The number of piperazine rings is 1. The maximum absolute atomic E-state index is 12.8. The Morgan fingerprint density at radius 3 is 2.00 bits per heavy atom. The van der Waals surface area contributed by atoms with E-state index in [9.17, 15) is 21.6 Å². The summed E-state index contributed by atoms with van der Waals surface area (Å²) in [6.07, 6.45) is -4.50. The van der Waals surface area contributed by atoms with Gasteiger partial charge in [-0.05, 0) is 50.2 Å². The third kappa shape index (κ3) is 4.67. The Bertz CT molecular complexity index is 938. The Hall–Kier alpha value is -2.40. The molecule has 1 aliphatic rings. The second-order valence-electron chi connectivity index (χ2n) is 6.84. The number of anilines is 2. The number of hydrogen-bond acceptors (Lipinski definition) is 6. The highest BCUT2D eigenvalue weighted by Crippen LogP contribution is 2.30. The minimum atomic E-state index is -4.50. The van der Waals surface area contributed by atoms with Crippen LogP contribution in [-0.2, 0) is 16.2 Å². The summed E-state index contributed by atoms with van der Waals surface area (Å²) in [5.41, 5.74) is -0.877. The van der Waals surface area contributed by atoms with Gasteiger partial charge in [-0.2, -0.15) is 17.5 Å². The fourth-order valence-electron chi connectivity index (χ4n) is 3.33. The van der Waals surface area contributed by atoms with E-state index in [2.05, 4.69) is 15.1 Å². The van der Waals surface area contributed by atoms with Crippen molar-refractivity contribution < 1.29 is 21.6 Å². The molecule has 0 saturated carbocycles. The van der Waals surface area contributed by atoms with Gasteiger partial charge in [0, 0.05) is 39.3 Å². The van der Waals surface area contributed by atoms with E-state index in [1.807, 2.05) is 30.9 Å². The first-order valence-corrected chi connectivity index (χ1v) is 11.1. The van der Waals surface area contributed by atoms with E-state index in [0.29, 0.717) is 18.9 Å². The zero-order chi connectivity index (χ0) is 21.9. The van der Waals surface area contributed by atoms with Crippen LogP contribution in [0.3, 0.4) is 0 Å². The van der Waals surface area contributed by atoms with Gasteiger partial charge >= 0.3 is 6.18 Å². The Morgan fingerprint density at radius 2 is 1.53 bits per heavy atom. The number of aromatic nitrogens is 2. The average molecular weight is 443 g/mol. The van der Waals surface area contributed by atoms with E-state index in [1.54, 1.807) is 0 Å².